The number of nitrogens with zero attached hydrogens (tertiary/aromatic N) is 1. The fourth-order valence-corrected chi connectivity index (χ4v) is 2.82. The van der Waals surface area contributed by atoms with Gasteiger partial charge in [-0.25, -0.2) is 0 Å². The molecule has 3 rings (SSSR count). The molecule has 1 aliphatic heterocycles. The lowest BCUT2D eigenvalue weighted by Crippen LogP contribution is -2.32. The number of rotatable bonds is 3. The third kappa shape index (κ3) is 3.16. The number of aryl methyl sites for hydroxylation is 1. The van der Waals surface area contributed by atoms with Crippen molar-refractivity contribution < 1.29 is 9.21 Å². The second-order valence-electron chi connectivity index (χ2n) is 6.10. The van der Waals surface area contributed by atoms with Gasteiger partial charge in [-0.3, -0.25) is 4.79 Å². The largest absolute Gasteiger partial charge is 0.459 e. The molecule has 0 bridgehead atoms. The molecule has 0 atom stereocenters. The number of carbonyl (C=O) groups excluding carboxylic acids is 1. The molecule has 1 amide bonds. The van der Waals surface area contributed by atoms with Crippen LogP contribution < -0.4 is 10.2 Å². The van der Waals surface area contributed by atoms with Gasteiger partial charge in [0.25, 0.3) is 5.91 Å². The Balaban J connectivity index is 1.64. The third-order valence-corrected chi connectivity index (χ3v) is 4.34. The fourth-order valence-electron chi connectivity index (χ4n) is 2.82. The Morgan fingerprint density at radius 2 is 1.86 bits per heavy atom. The van der Waals surface area contributed by atoms with Crippen LogP contribution in [0.5, 0.6) is 0 Å². The van der Waals surface area contributed by atoms with Crippen LogP contribution in [0.1, 0.15) is 35.9 Å². The minimum Gasteiger partial charge on any atom is -0.459 e. The van der Waals surface area contributed by atoms with Gasteiger partial charge >= 0.3 is 0 Å². The Morgan fingerprint density at radius 1 is 1.18 bits per heavy atom. The smallest absolute Gasteiger partial charge is 0.291 e. The van der Waals surface area contributed by atoms with Gasteiger partial charge in [0, 0.05) is 30.0 Å². The van der Waals surface area contributed by atoms with E-state index < -0.39 is 0 Å². The minimum atomic E-state index is -0.206. The van der Waals surface area contributed by atoms with Crippen LogP contribution in [0, 0.1) is 12.8 Å². The van der Waals surface area contributed by atoms with E-state index in [1.807, 2.05) is 19.1 Å². The monoisotopic (exact) mass is 298 g/mol. The first kappa shape index (κ1) is 14.7. The summed E-state index contributed by atoms with van der Waals surface area (Å²) in [4.78, 5) is 14.5. The second-order valence-corrected chi connectivity index (χ2v) is 6.10. The Bertz CT molecular complexity index is 637. The molecule has 0 spiro atoms. The highest BCUT2D eigenvalue weighted by Crippen LogP contribution is 2.24. The summed E-state index contributed by atoms with van der Waals surface area (Å²) in [5, 5.41) is 2.87. The summed E-state index contributed by atoms with van der Waals surface area (Å²) in [5.41, 5.74) is 2.85. The molecule has 22 heavy (non-hydrogen) atoms. The summed E-state index contributed by atoms with van der Waals surface area (Å²) in [5.74, 6) is 0.988. The first-order valence-corrected chi connectivity index (χ1v) is 7.84. The van der Waals surface area contributed by atoms with E-state index in [0.717, 1.165) is 30.3 Å². The second kappa shape index (κ2) is 6.26. The number of furan rings is 1. The SMILES string of the molecule is Cc1ccoc1C(=O)Nc1ccc(N2CCC(C)CC2)cc1. The minimum absolute atomic E-state index is 0.206. The van der Waals surface area contributed by atoms with Gasteiger partial charge < -0.3 is 14.6 Å². The van der Waals surface area contributed by atoms with Gasteiger partial charge in [-0.1, -0.05) is 6.92 Å². The van der Waals surface area contributed by atoms with Crippen molar-refractivity contribution in [1.29, 1.82) is 0 Å². The van der Waals surface area contributed by atoms with Crippen molar-refractivity contribution >= 4 is 17.3 Å². The summed E-state index contributed by atoms with van der Waals surface area (Å²) in [6.07, 6.45) is 4.03. The summed E-state index contributed by atoms with van der Waals surface area (Å²) in [7, 11) is 0. The van der Waals surface area contributed by atoms with Crippen molar-refractivity contribution in [2.45, 2.75) is 26.7 Å². The maximum absolute atomic E-state index is 12.1. The molecule has 1 saturated heterocycles. The normalized spacial score (nSPS) is 15.8. The van der Waals surface area contributed by atoms with Crippen molar-refractivity contribution in [1.82, 2.24) is 0 Å². The molecule has 4 heteroatoms. The standard InChI is InChI=1S/C18H22N2O2/c1-13-7-10-20(11-8-13)16-5-3-15(4-6-16)19-18(21)17-14(2)9-12-22-17/h3-6,9,12-13H,7-8,10-11H2,1-2H3,(H,19,21). The third-order valence-electron chi connectivity index (χ3n) is 4.34. The van der Waals surface area contributed by atoms with Gasteiger partial charge in [0.1, 0.15) is 0 Å². The molecular weight excluding hydrogens is 276 g/mol. The van der Waals surface area contributed by atoms with Gasteiger partial charge in [-0.2, -0.15) is 0 Å². The fraction of sp³-hybridized carbons (Fsp3) is 0.389. The number of benzene rings is 1. The van der Waals surface area contributed by atoms with Crippen molar-refractivity contribution in [3.05, 3.63) is 47.9 Å². The molecular formula is C18H22N2O2. The average Bonchev–Trinajstić information content (AvgIpc) is 2.95. The lowest BCUT2D eigenvalue weighted by atomic mass is 9.99. The highest BCUT2D eigenvalue weighted by molar-refractivity contribution is 6.03. The van der Waals surface area contributed by atoms with Crippen LogP contribution in [0.4, 0.5) is 11.4 Å². The predicted octanol–water partition coefficient (Wildman–Crippen LogP) is 4.08. The van der Waals surface area contributed by atoms with Gasteiger partial charge in [0.05, 0.1) is 6.26 Å². The van der Waals surface area contributed by atoms with E-state index in [1.165, 1.54) is 24.8 Å². The molecule has 2 heterocycles. The number of hydrogen-bond acceptors (Lipinski definition) is 3. The van der Waals surface area contributed by atoms with E-state index in [4.69, 9.17) is 4.42 Å². The van der Waals surface area contributed by atoms with E-state index in [-0.39, 0.29) is 5.91 Å². The zero-order valence-electron chi connectivity index (χ0n) is 13.1. The predicted molar refractivity (Wildman–Crippen MR) is 88.5 cm³/mol. The summed E-state index contributed by atoms with van der Waals surface area (Å²) >= 11 is 0. The Morgan fingerprint density at radius 3 is 2.45 bits per heavy atom. The molecule has 1 N–H and O–H groups in total. The van der Waals surface area contributed by atoms with E-state index >= 15 is 0 Å². The van der Waals surface area contributed by atoms with Crippen LogP contribution in [-0.2, 0) is 0 Å². The van der Waals surface area contributed by atoms with Crippen LogP contribution >= 0.6 is 0 Å². The first-order valence-electron chi connectivity index (χ1n) is 7.84. The van der Waals surface area contributed by atoms with Crippen LogP contribution in [0.25, 0.3) is 0 Å². The Labute approximate surface area is 131 Å². The number of anilines is 2. The molecule has 2 aromatic rings. The topological polar surface area (TPSA) is 45.5 Å². The maximum Gasteiger partial charge on any atom is 0.291 e. The maximum atomic E-state index is 12.1. The quantitative estimate of drug-likeness (QED) is 0.928. The van der Waals surface area contributed by atoms with E-state index in [0.29, 0.717) is 5.76 Å². The summed E-state index contributed by atoms with van der Waals surface area (Å²) in [6, 6.07) is 9.82. The van der Waals surface area contributed by atoms with Crippen LogP contribution in [0.2, 0.25) is 0 Å². The lowest BCUT2D eigenvalue weighted by Gasteiger charge is -2.32. The Kier molecular flexibility index (Phi) is 4.18. The molecule has 4 nitrogen and oxygen atoms in total. The molecule has 1 aromatic heterocycles. The number of carbonyl (C=O) groups is 1. The average molecular weight is 298 g/mol. The van der Waals surface area contributed by atoms with Crippen molar-refractivity contribution in [3.63, 3.8) is 0 Å². The lowest BCUT2D eigenvalue weighted by molar-refractivity contribution is 0.0996. The van der Waals surface area contributed by atoms with E-state index in [9.17, 15) is 4.79 Å². The highest BCUT2D eigenvalue weighted by atomic mass is 16.3. The van der Waals surface area contributed by atoms with Gasteiger partial charge in [0.2, 0.25) is 0 Å². The number of amides is 1. The summed E-state index contributed by atoms with van der Waals surface area (Å²) in [6.45, 7) is 6.39. The van der Waals surface area contributed by atoms with Gasteiger partial charge in [-0.05, 0) is 56.0 Å². The van der Waals surface area contributed by atoms with Crippen molar-refractivity contribution in [3.8, 4) is 0 Å². The summed E-state index contributed by atoms with van der Waals surface area (Å²) < 4.78 is 5.21. The van der Waals surface area contributed by atoms with Gasteiger partial charge in [0.15, 0.2) is 5.76 Å². The molecule has 1 fully saturated rings. The van der Waals surface area contributed by atoms with Crippen LogP contribution in [0.15, 0.2) is 41.0 Å². The molecule has 0 radical (unpaired) electrons. The Hall–Kier alpha value is -2.23. The number of nitrogens with one attached hydrogen (secondary N) is 1. The van der Waals surface area contributed by atoms with Crippen LogP contribution in [0.3, 0.4) is 0 Å². The van der Waals surface area contributed by atoms with E-state index in [2.05, 4.69) is 29.3 Å². The molecule has 1 aromatic carbocycles. The van der Waals surface area contributed by atoms with Crippen molar-refractivity contribution in [2.24, 2.45) is 5.92 Å². The zero-order chi connectivity index (χ0) is 15.5. The van der Waals surface area contributed by atoms with E-state index in [1.54, 1.807) is 6.07 Å². The molecule has 0 aliphatic carbocycles. The highest BCUT2D eigenvalue weighted by Gasteiger charge is 2.16. The molecule has 116 valence electrons. The van der Waals surface area contributed by atoms with Crippen LogP contribution in [-0.4, -0.2) is 19.0 Å². The zero-order valence-corrected chi connectivity index (χ0v) is 13.1. The molecule has 1 aliphatic rings. The number of hydrogen-bond donors (Lipinski definition) is 1. The first-order chi connectivity index (χ1) is 10.6. The molecule has 0 saturated carbocycles. The van der Waals surface area contributed by atoms with Gasteiger partial charge in [-0.15, -0.1) is 0 Å². The van der Waals surface area contributed by atoms with Crippen molar-refractivity contribution in [2.75, 3.05) is 23.3 Å². The number of piperidine rings is 1. The molecule has 0 unspecified atom stereocenters.